The predicted molar refractivity (Wildman–Crippen MR) is 106 cm³/mol. The van der Waals surface area contributed by atoms with Crippen molar-refractivity contribution in [2.75, 3.05) is 7.05 Å². The first-order chi connectivity index (χ1) is 12.1. The summed E-state index contributed by atoms with van der Waals surface area (Å²) in [7, 11) is 2.25. The Balaban J connectivity index is 0.00000196. The molecule has 2 bridgehead atoms. The molecule has 0 N–H and O–H groups in total. The van der Waals surface area contributed by atoms with Crippen molar-refractivity contribution in [3.63, 3.8) is 0 Å². The molecule has 1 aliphatic carbocycles. The fourth-order valence-electron chi connectivity index (χ4n) is 4.82. The van der Waals surface area contributed by atoms with Crippen molar-refractivity contribution < 1.29 is 9.53 Å². The predicted octanol–water partition coefficient (Wildman–Crippen LogP) is 4.84. The maximum Gasteiger partial charge on any atom is 0.343 e. The Kier molecular flexibility index (Phi) is 5.40. The number of ether oxygens (including phenoxy) is 1. The van der Waals surface area contributed by atoms with E-state index >= 15 is 0 Å². The molecule has 1 aliphatic heterocycles. The highest BCUT2D eigenvalue weighted by Gasteiger charge is 2.51. The molecule has 3 unspecified atom stereocenters. The third-order valence-corrected chi connectivity index (χ3v) is 6.38. The third kappa shape index (κ3) is 3.15. The van der Waals surface area contributed by atoms with E-state index in [1.807, 2.05) is 30.3 Å². The molecule has 2 aromatic carbocycles. The lowest BCUT2D eigenvalue weighted by Crippen LogP contribution is -2.38. The first kappa shape index (κ1) is 18.9. The van der Waals surface area contributed by atoms with Crippen LogP contribution in [-0.4, -0.2) is 30.0 Å². The van der Waals surface area contributed by atoms with E-state index in [-0.39, 0.29) is 23.8 Å². The van der Waals surface area contributed by atoms with Crippen molar-refractivity contribution in [1.29, 1.82) is 0 Å². The number of esters is 1. The number of hydrogen-bond acceptors (Lipinski definition) is 3. The molecule has 2 fully saturated rings. The maximum atomic E-state index is 12.3. The second-order valence-corrected chi connectivity index (χ2v) is 7.53. The van der Waals surface area contributed by atoms with Gasteiger partial charge in [-0.15, -0.1) is 12.4 Å². The van der Waals surface area contributed by atoms with Crippen LogP contribution in [0.3, 0.4) is 0 Å². The Morgan fingerprint density at radius 1 is 1.15 bits per heavy atom. The highest BCUT2D eigenvalue weighted by molar-refractivity contribution is 5.91. The number of hydrogen-bond donors (Lipinski definition) is 0. The van der Waals surface area contributed by atoms with Crippen molar-refractivity contribution in [1.82, 2.24) is 4.90 Å². The first-order valence-electron chi connectivity index (χ1n) is 9.20. The zero-order valence-electron chi connectivity index (χ0n) is 15.4. The van der Waals surface area contributed by atoms with Crippen molar-refractivity contribution in [3.8, 4) is 5.75 Å². The summed E-state index contributed by atoms with van der Waals surface area (Å²) in [6.07, 6.45) is 4.99. The first-order valence-corrected chi connectivity index (χ1v) is 9.20. The van der Waals surface area contributed by atoms with E-state index < -0.39 is 0 Å². The van der Waals surface area contributed by atoms with Crippen LogP contribution >= 0.6 is 12.4 Å². The van der Waals surface area contributed by atoms with Crippen LogP contribution < -0.4 is 4.74 Å². The number of halogens is 1. The number of carbonyl (C=O) groups excluding carboxylic acids is 1. The van der Waals surface area contributed by atoms with Gasteiger partial charge in [-0.1, -0.05) is 36.8 Å². The summed E-state index contributed by atoms with van der Waals surface area (Å²) in [4.78, 5) is 14.9. The topological polar surface area (TPSA) is 29.5 Å². The van der Waals surface area contributed by atoms with Crippen LogP contribution in [-0.2, 0) is 5.41 Å². The van der Waals surface area contributed by atoms with E-state index in [4.69, 9.17) is 4.74 Å². The normalized spacial score (nSPS) is 27.6. The van der Waals surface area contributed by atoms with Crippen LogP contribution in [0.15, 0.2) is 54.6 Å². The van der Waals surface area contributed by atoms with Gasteiger partial charge in [0.25, 0.3) is 0 Å². The number of likely N-dealkylation sites (tertiary alicyclic amines) is 1. The molecule has 0 amide bonds. The number of rotatable bonds is 3. The number of nitrogens with zero attached hydrogens (tertiary/aromatic N) is 1. The molecule has 1 saturated heterocycles. The highest BCUT2D eigenvalue weighted by Crippen LogP contribution is 2.51. The van der Waals surface area contributed by atoms with Crippen LogP contribution in [0, 0.1) is 0 Å². The molecule has 4 heteroatoms. The smallest absolute Gasteiger partial charge is 0.343 e. The second kappa shape index (κ2) is 7.42. The van der Waals surface area contributed by atoms with E-state index in [1.165, 1.54) is 31.2 Å². The Morgan fingerprint density at radius 2 is 1.92 bits per heavy atom. The molecular formula is C22H26ClNO2. The van der Waals surface area contributed by atoms with Crippen LogP contribution in [0.1, 0.15) is 48.5 Å². The monoisotopic (exact) mass is 371 g/mol. The van der Waals surface area contributed by atoms with Crippen LogP contribution in [0.5, 0.6) is 5.75 Å². The minimum absolute atomic E-state index is 0. The molecule has 26 heavy (non-hydrogen) atoms. The molecule has 2 aromatic rings. The summed E-state index contributed by atoms with van der Waals surface area (Å²) >= 11 is 0. The summed E-state index contributed by atoms with van der Waals surface area (Å²) in [5.74, 6) is 0.345. The fraction of sp³-hybridized carbons (Fsp3) is 0.409. The SMILES string of the molecule is CC1N(C)C2CCCC1(c1cccc(OC(=O)c3ccccc3)c1)C2.Cl. The Hall–Kier alpha value is -1.84. The fourth-order valence-corrected chi connectivity index (χ4v) is 4.82. The van der Waals surface area contributed by atoms with Gasteiger partial charge < -0.3 is 4.74 Å². The average molecular weight is 372 g/mol. The van der Waals surface area contributed by atoms with E-state index in [0.29, 0.717) is 23.4 Å². The van der Waals surface area contributed by atoms with Gasteiger partial charge in [0.15, 0.2) is 0 Å². The number of fused-ring (bicyclic) bond motifs is 2. The van der Waals surface area contributed by atoms with E-state index in [2.05, 4.69) is 31.0 Å². The lowest BCUT2D eigenvalue weighted by Gasteiger charge is -2.36. The molecule has 138 valence electrons. The molecule has 1 saturated carbocycles. The van der Waals surface area contributed by atoms with Crippen molar-refractivity contribution in [2.45, 2.75) is 50.1 Å². The molecule has 0 aromatic heterocycles. The lowest BCUT2D eigenvalue weighted by molar-refractivity contribution is 0.0734. The molecular weight excluding hydrogens is 346 g/mol. The minimum atomic E-state index is -0.298. The van der Waals surface area contributed by atoms with Gasteiger partial charge in [0.1, 0.15) is 5.75 Å². The second-order valence-electron chi connectivity index (χ2n) is 7.53. The number of likely N-dealkylation sites (N-methyl/N-ethyl adjacent to an activating group) is 1. The van der Waals surface area contributed by atoms with Gasteiger partial charge in [-0.3, -0.25) is 4.90 Å². The van der Waals surface area contributed by atoms with Crippen LogP contribution in [0.25, 0.3) is 0 Å². The average Bonchev–Trinajstić information content (AvgIpc) is 2.83. The summed E-state index contributed by atoms with van der Waals surface area (Å²) in [6.45, 7) is 2.34. The zero-order valence-corrected chi connectivity index (χ0v) is 16.2. The van der Waals surface area contributed by atoms with Gasteiger partial charge in [-0.2, -0.15) is 0 Å². The number of carbonyl (C=O) groups is 1. The summed E-state index contributed by atoms with van der Waals surface area (Å²) in [5, 5.41) is 0. The molecule has 0 radical (unpaired) electrons. The molecule has 4 rings (SSSR count). The van der Waals surface area contributed by atoms with Crippen LogP contribution in [0.2, 0.25) is 0 Å². The lowest BCUT2D eigenvalue weighted by atomic mass is 9.67. The Morgan fingerprint density at radius 3 is 2.69 bits per heavy atom. The van der Waals surface area contributed by atoms with E-state index in [9.17, 15) is 4.79 Å². The Bertz CT molecular complexity index is 779. The zero-order chi connectivity index (χ0) is 17.4. The standard InChI is InChI=1S/C22H25NO2.ClH/c1-16-22(13-7-11-19(15-22)23(16)2)18-10-6-12-20(14-18)25-21(24)17-8-4-3-5-9-17;/h3-6,8-10,12,14,16,19H,7,11,13,15H2,1-2H3;1H. The quantitative estimate of drug-likeness (QED) is 0.571. The minimum Gasteiger partial charge on any atom is -0.423 e. The molecule has 3 nitrogen and oxygen atoms in total. The largest absolute Gasteiger partial charge is 0.423 e. The highest BCUT2D eigenvalue weighted by atomic mass is 35.5. The third-order valence-electron chi connectivity index (χ3n) is 6.38. The summed E-state index contributed by atoms with van der Waals surface area (Å²) in [5.41, 5.74) is 2.08. The van der Waals surface area contributed by atoms with E-state index in [0.717, 1.165) is 0 Å². The molecule has 0 spiro atoms. The van der Waals surface area contributed by atoms with Crippen LogP contribution in [0.4, 0.5) is 0 Å². The van der Waals surface area contributed by atoms with Crippen molar-refractivity contribution >= 4 is 18.4 Å². The van der Waals surface area contributed by atoms with Gasteiger partial charge in [0, 0.05) is 17.5 Å². The molecule has 2 aliphatic rings. The number of benzene rings is 2. The molecule has 3 atom stereocenters. The summed E-state index contributed by atoms with van der Waals surface area (Å²) < 4.78 is 5.64. The maximum absolute atomic E-state index is 12.3. The van der Waals surface area contributed by atoms with Gasteiger partial charge >= 0.3 is 5.97 Å². The van der Waals surface area contributed by atoms with E-state index in [1.54, 1.807) is 12.1 Å². The van der Waals surface area contributed by atoms with Gasteiger partial charge in [0.05, 0.1) is 5.56 Å². The van der Waals surface area contributed by atoms with Gasteiger partial charge in [0.2, 0.25) is 0 Å². The van der Waals surface area contributed by atoms with Crippen molar-refractivity contribution in [3.05, 3.63) is 65.7 Å². The Labute approximate surface area is 161 Å². The molecule has 1 heterocycles. The van der Waals surface area contributed by atoms with Gasteiger partial charge in [-0.25, -0.2) is 4.79 Å². The van der Waals surface area contributed by atoms with Crippen molar-refractivity contribution in [2.24, 2.45) is 0 Å². The summed E-state index contributed by atoms with van der Waals surface area (Å²) in [6, 6.07) is 18.5. The van der Waals surface area contributed by atoms with Gasteiger partial charge in [-0.05, 0) is 63.1 Å².